The Morgan fingerprint density at radius 1 is 1.13 bits per heavy atom. The average molecular weight is 457 g/mol. The standard InChI is InChI=1S/C22H24N4O3S2/c1-15-10-11-19(16(2)13-15)31(28,29)26-12-6-7-17(14-26)21-24-25-22(30-21)20(27)23-18-8-4-3-5-9-18/h3-5,8-11,13,17H,6-7,12,14H2,1-2H3,(H,23,27). The van der Waals surface area contributed by atoms with Crippen LogP contribution in [0, 0.1) is 13.8 Å². The molecule has 2 heterocycles. The summed E-state index contributed by atoms with van der Waals surface area (Å²) in [5, 5.41) is 12.0. The Morgan fingerprint density at radius 2 is 1.90 bits per heavy atom. The minimum absolute atomic E-state index is 0.0787. The third-order valence-electron chi connectivity index (χ3n) is 5.35. The van der Waals surface area contributed by atoms with Gasteiger partial charge in [0.1, 0.15) is 5.01 Å². The minimum Gasteiger partial charge on any atom is -0.320 e. The van der Waals surface area contributed by atoms with Crippen LogP contribution < -0.4 is 5.32 Å². The molecule has 1 aliphatic rings. The predicted octanol–water partition coefficient (Wildman–Crippen LogP) is 3.98. The first-order valence-corrected chi connectivity index (χ1v) is 12.4. The van der Waals surface area contributed by atoms with Crippen molar-refractivity contribution in [3.8, 4) is 0 Å². The molecule has 3 aromatic rings. The number of nitrogens with one attached hydrogen (secondary N) is 1. The van der Waals surface area contributed by atoms with Gasteiger partial charge in [0.05, 0.1) is 4.90 Å². The van der Waals surface area contributed by atoms with Gasteiger partial charge in [-0.25, -0.2) is 8.42 Å². The van der Waals surface area contributed by atoms with Gasteiger partial charge in [0.2, 0.25) is 15.0 Å². The Bertz CT molecular complexity index is 1190. The van der Waals surface area contributed by atoms with Crippen LogP contribution in [0.15, 0.2) is 53.4 Å². The summed E-state index contributed by atoms with van der Waals surface area (Å²) in [4.78, 5) is 12.8. The fraction of sp³-hybridized carbons (Fsp3) is 0.318. The second-order valence-corrected chi connectivity index (χ2v) is 10.7. The number of piperidine rings is 1. The summed E-state index contributed by atoms with van der Waals surface area (Å²) < 4.78 is 28.0. The smallest absolute Gasteiger partial charge is 0.286 e. The number of carbonyl (C=O) groups excluding carboxylic acids is 1. The van der Waals surface area contributed by atoms with E-state index in [1.165, 1.54) is 15.6 Å². The zero-order valence-corrected chi connectivity index (χ0v) is 19.0. The number of rotatable bonds is 5. The van der Waals surface area contributed by atoms with Crippen molar-refractivity contribution >= 4 is 33.0 Å². The molecule has 0 saturated carbocycles. The van der Waals surface area contributed by atoms with Crippen molar-refractivity contribution in [3.63, 3.8) is 0 Å². The molecule has 0 radical (unpaired) electrons. The molecule has 1 aliphatic heterocycles. The van der Waals surface area contributed by atoms with Crippen LogP contribution in [-0.4, -0.2) is 41.9 Å². The van der Waals surface area contributed by atoms with Crippen molar-refractivity contribution in [1.82, 2.24) is 14.5 Å². The number of hydrogen-bond acceptors (Lipinski definition) is 6. The lowest BCUT2D eigenvalue weighted by atomic mass is 10.0. The van der Waals surface area contributed by atoms with Crippen molar-refractivity contribution in [3.05, 3.63) is 69.7 Å². The third kappa shape index (κ3) is 4.68. The topological polar surface area (TPSA) is 92.3 Å². The van der Waals surface area contributed by atoms with Crippen LogP contribution in [0.5, 0.6) is 0 Å². The van der Waals surface area contributed by atoms with Crippen molar-refractivity contribution in [2.45, 2.75) is 37.5 Å². The number of benzene rings is 2. The van der Waals surface area contributed by atoms with E-state index in [4.69, 9.17) is 0 Å². The van der Waals surface area contributed by atoms with Gasteiger partial charge < -0.3 is 5.32 Å². The molecule has 1 N–H and O–H groups in total. The monoisotopic (exact) mass is 456 g/mol. The largest absolute Gasteiger partial charge is 0.320 e. The van der Waals surface area contributed by atoms with Crippen LogP contribution in [0.3, 0.4) is 0 Å². The molecule has 0 aliphatic carbocycles. The molecule has 4 rings (SSSR count). The van der Waals surface area contributed by atoms with Crippen LogP contribution in [0.2, 0.25) is 0 Å². The van der Waals surface area contributed by atoms with E-state index in [0.29, 0.717) is 28.7 Å². The summed E-state index contributed by atoms with van der Waals surface area (Å²) in [6, 6.07) is 14.6. The molecule has 1 saturated heterocycles. The van der Waals surface area contributed by atoms with E-state index in [-0.39, 0.29) is 16.8 Å². The second kappa shape index (κ2) is 8.86. The van der Waals surface area contributed by atoms with Gasteiger partial charge in [-0.3, -0.25) is 4.79 Å². The Balaban J connectivity index is 1.49. The molecular weight excluding hydrogens is 432 g/mol. The van der Waals surface area contributed by atoms with Crippen molar-refractivity contribution < 1.29 is 13.2 Å². The fourth-order valence-electron chi connectivity index (χ4n) is 3.79. The number of carbonyl (C=O) groups is 1. The summed E-state index contributed by atoms with van der Waals surface area (Å²) in [6.07, 6.45) is 1.55. The van der Waals surface area contributed by atoms with Gasteiger partial charge in [0, 0.05) is 24.7 Å². The van der Waals surface area contributed by atoms with E-state index >= 15 is 0 Å². The minimum atomic E-state index is -3.59. The number of para-hydroxylation sites is 1. The highest BCUT2D eigenvalue weighted by Crippen LogP contribution is 2.32. The van der Waals surface area contributed by atoms with E-state index in [2.05, 4.69) is 15.5 Å². The first-order valence-electron chi connectivity index (χ1n) is 10.1. The van der Waals surface area contributed by atoms with Crippen molar-refractivity contribution in [2.24, 2.45) is 0 Å². The highest BCUT2D eigenvalue weighted by Gasteiger charge is 2.33. The molecule has 1 fully saturated rings. The lowest BCUT2D eigenvalue weighted by molar-refractivity contribution is 0.102. The van der Waals surface area contributed by atoms with Gasteiger partial charge in [0.25, 0.3) is 5.91 Å². The molecule has 1 atom stereocenters. The van der Waals surface area contributed by atoms with Gasteiger partial charge in [-0.15, -0.1) is 10.2 Å². The molecule has 31 heavy (non-hydrogen) atoms. The van der Waals surface area contributed by atoms with Crippen molar-refractivity contribution in [1.29, 1.82) is 0 Å². The maximum absolute atomic E-state index is 13.2. The molecular formula is C22H24N4O3S2. The number of sulfonamides is 1. The Kier molecular flexibility index (Phi) is 6.17. The van der Waals surface area contributed by atoms with Crippen LogP contribution in [0.1, 0.15) is 44.7 Å². The van der Waals surface area contributed by atoms with Gasteiger partial charge in [-0.05, 0) is 50.5 Å². The van der Waals surface area contributed by atoms with Gasteiger partial charge in [0.15, 0.2) is 0 Å². The number of hydrogen-bond donors (Lipinski definition) is 1. The van der Waals surface area contributed by atoms with Gasteiger partial charge in [-0.1, -0.05) is 47.2 Å². The van der Waals surface area contributed by atoms with E-state index in [9.17, 15) is 13.2 Å². The molecule has 7 nitrogen and oxygen atoms in total. The van der Waals surface area contributed by atoms with E-state index in [0.717, 1.165) is 24.0 Å². The van der Waals surface area contributed by atoms with Crippen LogP contribution in [-0.2, 0) is 10.0 Å². The molecule has 0 bridgehead atoms. The predicted molar refractivity (Wildman–Crippen MR) is 121 cm³/mol. The van der Waals surface area contributed by atoms with Crippen LogP contribution in [0.4, 0.5) is 5.69 Å². The van der Waals surface area contributed by atoms with Gasteiger partial charge in [-0.2, -0.15) is 4.31 Å². The summed E-state index contributed by atoms with van der Waals surface area (Å²) >= 11 is 1.22. The molecule has 0 spiro atoms. The summed E-state index contributed by atoms with van der Waals surface area (Å²) in [5.41, 5.74) is 2.47. The quantitative estimate of drug-likeness (QED) is 0.627. The molecule has 1 amide bonds. The lowest BCUT2D eigenvalue weighted by Crippen LogP contribution is -2.39. The van der Waals surface area contributed by atoms with Crippen molar-refractivity contribution in [2.75, 3.05) is 18.4 Å². The number of anilines is 1. The van der Waals surface area contributed by atoms with Crippen LogP contribution in [0.25, 0.3) is 0 Å². The maximum Gasteiger partial charge on any atom is 0.286 e. The number of nitrogens with zero attached hydrogens (tertiary/aromatic N) is 3. The zero-order chi connectivity index (χ0) is 22.0. The van der Waals surface area contributed by atoms with Crippen LogP contribution >= 0.6 is 11.3 Å². The zero-order valence-electron chi connectivity index (χ0n) is 17.4. The molecule has 9 heteroatoms. The highest BCUT2D eigenvalue weighted by atomic mass is 32.2. The molecule has 162 valence electrons. The molecule has 1 unspecified atom stereocenters. The number of amides is 1. The first kappa shape index (κ1) is 21.6. The maximum atomic E-state index is 13.2. The third-order valence-corrected chi connectivity index (χ3v) is 8.46. The number of aryl methyl sites for hydroxylation is 2. The second-order valence-electron chi connectivity index (χ2n) is 7.74. The average Bonchev–Trinajstić information content (AvgIpc) is 3.25. The SMILES string of the molecule is Cc1ccc(S(=O)(=O)N2CCCC(c3nnc(C(=O)Nc4ccccc4)s3)C2)c(C)c1. The van der Waals surface area contributed by atoms with E-state index in [1.807, 2.05) is 44.2 Å². The Morgan fingerprint density at radius 3 is 2.65 bits per heavy atom. The first-order chi connectivity index (χ1) is 14.8. The number of aromatic nitrogens is 2. The summed E-state index contributed by atoms with van der Waals surface area (Å²) in [6.45, 7) is 4.59. The normalized spacial score (nSPS) is 17.4. The summed E-state index contributed by atoms with van der Waals surface area (Å²) in [7, 11) is -3.59. The summed E-state index contributed by atoms with van der Waals surface area (Å²) in [5.74, 6) is -0.393. The Hall–Kier alpha value is -2.62. The Labute approximate surface area is 186 Å². The fourth-order valence-corrected chi connectivity index (χ4v) is 6.38. The van der Waals surface area contributed by atoms with E-state index in [1.54, 1.807) is 18.2 Å². The van der Waals surface area contributed by atoms with Gasteiger partial charge >= 0.3 is 0 Å². The molecule has 1 aromatic heterocycles. The van der Waals surface area contributed by atoms with E-state index < -0.39 is 10.0 Å². The highest BCUT2D eigenvalue weighted by molar-refractivity contribution is 7.89. The lowest BCUT2D eigenvalue weighted by Gasteiger charge is -2.31. The molecule has 2 aromatic carbocycles.